The number of rotatable bonds is 0. The number of hydrogen-bond donors (Lipinski definition) is 1. The first-order valence-corrected chi connectivity index (χ1v) is 4.61. The first kappa shape index (κ1) is 14.5. The van der Waals surface area contributed by atoms with Crippen molar-refractivity contribution in [3.05, 3.63) is 59.7 Å². The molecule has 0 unspecified atom stereocenters. The van der Waals surface area contributed by atoms with E-state index in [4.69, 9.17) is 0 Å². The molecule has 0 atom stereocenters. The molecule has 0 aromatic heterocycles. The van der Waals surface area contributed by atoms with Crippen LogP contribution in [0.3, 0.4) is 0 Å². The van der Waals surface area contributed by atoms with Gasteiger partial charge in [0.05, 0.1) is 0 Å². The highest BCUT2D eigenvalue weighted by molar-refractivity contribution is 5.76. The van der Waals surface area contributed by atoms with Gasteiger partial charge < -0.3 is 6.15 Å². The van der Waals surface area contributed by atoms with Crippen molar-refractivity contribution in [2.75, 3.05) is 0 Å². The Labute approximate surface area is 101 Å². The standard InChI is InChI=1S/C13H10.2B.H3N/c1-3-7-12-10(5-1)9-11-6-2-4-8-13(11)12;;;/h1-8H,9H2;;;1H3. The Hall–Kier alpha value is -1.47. The van der Waals surface area contributed by atoms with Crippen LogP contribution < -0.4 is 6.15 Å². The molecule has 2 aromatic carbocycles. The quantitative estimate of drug-likeness (QED) is 0.562. The lowest BCUT2D eigenvalue weighted by Gasteiger charge is -1.98. The van der Waals surface area contributed by atoms with E-state index in [1.54, 1.807) is 0 Å². The van der Waals surface area contributed by atoms with Gasteiger partial charge in [-0.05, 0) is 28.7 Å². The van der Waals surface area contributed by atoms with Gasteiger partial charge in [-0.3, -0.25) is 0 Å². The Morgan fingerprint density at radius 3 is 1.44 bits per heavy atom. The van der Waals surface area contributed by atoms with Crippen molar-refractivity contribution in [2.45, 2.75) is 6.42 Å². The van der Waals surface area contributed by atoms with E-state index in [9.17, 15) is 0 Å². The fourth-order valence-corrected chi connectivity index (χ4v) is 2.08. The maximum absolute atomic E-state index is 2.22. The zero-order chi connectivity index (χ0) is 8.67. The highest BCUT2D eigenvalue weighted by atomic mass is 14.2. The van der Waals surface area contributed by atoms with E-state index in [0.29, 0.717) is 0 Å². The molecule has 0 saturated carbocycles. The monoisotopic (exact) mass is 205 g/mol. The first-order valence-electron chi connectivity index (χ1n) is 4.61. The van der Waals surface area contributed by atoms with Crippen molar-refractivity contribution in [1.82, 2.24) is 6.15 Å². The van der Waals surface area contributed by atoms with Gasteiger partial charge in [0.15, 0.2) is 0 Å². The van der Waals surface area contributed by atoms with E-state index in [1.165, 1.54) is 22.3 Å². The largest absolute Gasteiger partial charge is 0.344 e. The zero-order valence-corrected chi connectivity index (χ0v) is 9.19. The van der Waals surface area contributed by atoms with Gasteiger partial charge >= 0.3 is 0 Å². The maximum Gasteiger partial charge on any atom is 0 e. The summed E-state index contributed by atoms with van der Waals surface area (Å²) in [5.74, 6) is 0. The molecule has 0 saturated heterocycles. The smallest absolute Gasteiger partial charge is 0 e. The summed E-state index contributed by atoms with van der Waals surface area (Å²) in [4.78, 5) is 0. The van der Waals surface area contributed by atoms with Crippen LogP contribution in [0.25, 0.3) is 11.1 Å². The van der Waals surface area contributed by atoms with E-state index < -0.39 is 0 Å². The Bertz CT molecular complexity index is 425. The molecular weight excluding hydrogens is 192 g/mol. The minimum Gasteiger partial charge on any atom is -0.344 e. The van der Waals surface area contributed by atoms with Crippen LogP contribution in [0.1, 0.15) is 11.1 Å². The summed E-state index contributed by atoms with van der Waals surface area (Å²) < 4.78 is 0. The molecule has 3 heteroatoms. The summed E-state index contributed by atoms with van der Waals surface area (Å²) in [7, 11) is 0. The second kappa shape index (κ2) is 5.57. The lowest BCUT2D eigenvalue weighted by atomic mass is 10.1. The third-order valence-electron chi connectivity index (χ3n) is 2.71. The van der Waals surface area contributed by atoms with Crippen LogP contribution in [-0.4, -0.2) is 16.8 Å². The van der Waals surface area contributed by atoms with Crippen LogP contribution in [0.5, 0.6) is 0 Å². The van der Waals surface area contributed by atoms with Crippen molar-refractivity contribution in [1.29, 1.82) is 0 Å². The van der Waals surface area contributed by atoms with E-state index in [-0.39, 0.29) is 23.0 Å². The molecule has 76 valence electrons. The third kappa shape index (κ3) is 2.05. The highest BCUT2D eigenvalue weighted by Gasteiger charge is 2.15. The predicted molar refractivity (Wildman–Crippen MR) is 71.2 cm³/mol. The minimum atomic E-state index is 0. The van der Waals surface area contributed by atoms with Crippen LogP contribution in [0.15, 0.2) is 48.5 Å². The van der Waals surface area contributed by atoms with Crippen molar-refractivity contribution in [3.8, 4) is 11.1 Å². The van der Waals surface area contributed by atoms with Crippen molar-refractivity contribution >= 4 is 16.8 Å². The normalized spacial score (nSPS) is 10.0. The Kier molecular flexibility index (Phi) is 5.06. The van der Waals surface area contributed by atoms with E-state index in [1.807, 2.05) is 0 Å². The molecule has 3 rings (SSSR count). The molecule has 2 aromatic rings. The third-order valence-corrected chi connectivity index (χ3v) is 2.71. The zero-order valence-electron chi connectivity index (χ0n) is 9.19. The summed E-state index contributed by atoms with van der Waals surface area (Å²) in [5.41, 5.74) is 5.75. The average molecular weight is 205 g/mol. The fourth-order valence-electron chi connectivity index (χ4n) is 2.08. The summed E-state index contributed by atoms with van der Waals surface area (Å²) >= 11 is 0. The molecular formula is C13H13B2N. The van der Waals surface area contributed by atoms with E-state index >= 15 is 0 Å². The molecule has 0 spiro atoms. The molecule has 1 aliphatic rings. The van der Waals surface area contributed by atoms with Gasteiger partial charge in [-0.2, -0.15) is 0 Å². The Balaban J connectivity index is 0.000000750. The second-order valence-electron chi connectivity index (χ2n) is 3.49. The predicted octanol–water partition coefficient (Wildman–Crippen LogP) is 2.66. The van der Waals surface area contributed by atoms with Gasteiger partial charge in [0.2, 0.25) is 0 Å². The van der Waals surface area contributed by atoms with Gasteiger partial charge in [-0.1, -0.05) is 48.5 Å². The molecule has 3 N–H and O–H groups in total. The van der Waals surface area contributed by atoms with Crippen molar-refractivity contribution < 1.29 is 0 Å². The summed E-state index contributed by atoms with van der Waals surface area (Å²) in [6, 6.07) is 17.3. The van der Waals surface area contributed by atoms with Crippen LogP contribution in [0.2, 0.25) is 0 Å². The lowest BCUT2D eigenvalue weighted by molar-refractivity contribution is 1.26. The average Bonchev–Trinajstić information content (AvgIpc) is 2.56. The van der Waals surface area contributed by atoms with Crippen LogP contribution >= 0.6 is 0 Å². The Morgan fingerprint density at radius 2 is 1.00 bits per heavy atom. The SMILES string of the molecule is N.[B].[B].c1ccc2c(c1)Cc1ccccc1-2. The van der Waals surface area contributed by atoms with Crippen LogP contribution in [-0.2, 0) is 6.42 Å². The number of benzene rings is 2. The van der Waals surface area contributed by atoms with Gasteiger partial charge in [-0.15, -0.1) is 0 Å². The molecule has 0 bridgehead atoms. The van der Waals surface area contributed by atoms with Crippen molar-refractivity contribution in [2.24, 2.45) is 0 Å². The molecule has 6 radical (unpaired) electrons. The van der Waals surface area contributed by atoms with E-state index in [0.717, 1.165) is 6.42 Å². The fraction of sp³-hybridized carbons (Fsp3) is 0.0769. The van der Waals surface area contributed by atoms with Gasteiger partial charge in [-0.25, -0.2) is 0 Å². The summed E-state index contributed by atoms with van der Waals surface area (Å²) in [5, 5.41) is 0. The molecule has 0 amide bonds. The van der Waals surface area contributed by atoms with Crippen LogP contribution in [0, 0.1) is 0 Å². The summed E-state index contributed by atoms with van der Waals surface area (Å²) in [6.45, 7) is 0. The van der Waals surface area contributed by atoms with Gasteiger partial charge in [0.1, 0.15) is 0 Å². The topological polar surface area (TPSA) is 35.0 Å². The molecule has 0 aliphatic heterocycles. The van der Waals surface area contributed by atoms with E-state index in [2.05, 4.69) is 48.5 Å². The molecule has 1 nitrogen and oxygen atoms in total. The maximum atomic E-state index is 2.22. The molecule has 1 aliphatic carbocycles. The second-order valence-corrected chi connectivity index (χ2v) is 3.49. The highest BCUT2D eigenvalue weighted by Crippen LogP contribution is 2.35. The van der Waals surface area contributed by atoms with Gasteiger partial charge in [0.25, 0.3) is 0 Å². The summed E-state index contributed by atoms with van der Waals surface area (Å²) in [6.07, 6.45) is 1.10. The Morgan fingerprint density at radius 1 is 0.625 bits per heavy atom. The lowest BCUT2D eigenvalue weighted by Crippen LogP contribution is -1.77. The molecule has 0 heterocycles. The van der Waals surface area contributed by atoms with Gasteiger partial charge in [0, 0.05) is 16.8 Å². The molecule has 16 heavy (non-hydrogen) atoms. The number of fused-ring (bicyclic) bond motifs is 3. The molecule has 0 fully saturated rings. The minimum absolute atomic E-state index is 0. The van der Waals surface area contributed by atoms with Crippen LogP contribution in [0.4, 0.5) is 0 Å². The van der Waals surface area contributed by atoms with Crippen molar-refractivity contribution in [3.63, 3.8) is 0 Å². The first-order chi connectivity index (χ1) is 6.45. The number of hydrogen-bond acceptors (Lipinski definition) is 1.